The molecule has 10 nitrogen and oxygen atoms in total. The number of anilines is 2. The Kier molecular flexibility index (Phi) is 6.84. The minimum atomic E-state index is -4.24. The van der Waals surface area contributed by atoms with E-state index >= 15 is 0 Å². The van der Waals surface area contributed by atoms with Gasteiger partial charge in [0.05, 0.1) is 11.1 Å². The second-order valence-electron chi connectivity index (χ2n) is 6.18. The first-order valence-electron chi connectivity index (χ1n) is 8.19. The van der Waals surface area contributed by atoms with Crippen LogP contribution in [0.1, 0.15) is 20.8 Å². The van der Waals surface area contributed by atoms with Crippen molar-refractivity contribution in [3.05, 3.63) is 34.6 Å². The van der Waals surface area contributed by atoms with Crippen molar-refractivity contribution in [2.45, 2.75) is 31.2 Å². The molecule has 0 atom stereocenters. The molecule has 0 bridgehead atoms. The summed E-state index contributed by atoms with van der Waals surface area (Å²) in [6, 6.07) is 6.68. The van der Waals surface area contributed by atoms with Crippen LogP contribution in [0.2, 0.25) is 10.3 Å². The second-order valence-corrected chi connectivity index (χ2v) is 8.57. The maximum atomic E-state index is 12.6. The van der Waals surface area contributed by atoms with Gasteiger partial charge in [0.25, 0.3) is 10.0 Å². The van der Waals surface area contributed by atoms with Gasteiger partial charge in [-0.3, -0.25) is 4.90 Å². The molecule has 0 radical (unpaired) electrons. The number of halogens is 2. The Bertz CT molecular complexity index is 1070. The largest absolute Gasteiger partial charge is 0.338 e. The Labute approximate surface area is 177 Å². The SMILES string of the molecule is CCN(C(=O)NS(=O)(=O)c1ccccc1Cl)c1nc(Cl)nc(NC(C)(C)C#N)n1. The average molecular weight is 458 g/mol. The number of nitrogens with one attached hydrogen (secondary N) is 2. The first-order chi connectivity index (χ1) is 13.5. The molecule has 1 heterocycles. The summed E-state index contributed by atoms with van der Waals surface area (Å²) in [5, 5.41) is 11.6. The molecule has 0 saturated heterocycles. The third-order valence-corrected chi connectivity index (χ3v) is 5.44. The van der Waals surface area contributed by atoms with Crippen molar-refractivity contribution in [3.8, 4) is 6.07 Å². The molecule has 0 aliphatic carbocycles. The average Bonchev–Trinajstić information content (AvgIpc) is 2.61. The lowest BCUT2D eigenvalue weighted by Crippen LogP contribution is -2.44. The lowest BCUT2D eigenvalue weighted by Gasteiger charge is -2.21. The van der Waals surface area contributed by atoms with E-state index in [9.17, 15) is 13.2 Å². The molecule has 0 aliphatic rings. The van der Waals surface area contributed by atoms with Crippen molar-refractivity contribution < 1.29 is 13.2 Å². The Morgan fingerprint density at radius 2 is 1.90 bits per heavy atom. The van der Waals surface area contributed by atoms with Gasteiger partial charge in [-0.05, 0) is 44.5 Å². The Hall–Kier alpha value is -2.68. The minimum Gasteiger partial charge on any atom is -0.336 e. The number of nitrogens with zero attached hydrogens (tertiary/aromatic N) is 5. The molecule has 154 valence electrons. The molecular weight excluding hydrogens is 441 g/mol. The van der Waals surface area contributed by atoms with Crippen molar-refractivity contribution in [3.63, 3.8) is 0 Å². The van der Waals surface area contributed by atoms with Gasteiger partial charge in [-0.15, -0.1) is 0 Å². The molecule has 0 aliphatic heterocycles. The standard InChI is InChI=1S/C16H17Cl2N7O3S/c1-4-25(14-21-12(18)20-13(22-14)23-16(2,3)9-19)15(26)24-29(27,28)11-8-6-5-7-10(11)17/h5-8H,4H2,1-3H3,(H,24,26)(H,20,21,22,23). The fourth-order valence-electron chi connectivity index (χ4n) is 2.09. The number of nitriles is 1. The van der Waals surface area contributed by atoms with E-state index < -0.39 is 21.6 Å². The molecule has 2 aromatic rings. The van der Waals surface area contributed by atoms with E-state index in [4.69, 9.17) is 28.5 Å². The van der Waals surface area contributed by atoms with Gasteiger partial charge in [-0.1, -0.05) is 23.7 Å². The van der Waals surface area contributed by atoms with E-state index in [0.717, 1.165) is 4.90 Å². The fraction of sp³-hybridized carbons (Fsp3) is 0.312. The Morgan fingerprint density at radius 1 is 1.24 bits per heavy atom. The molecule has 13 heteroatoms. The number of sulfonamides is 1. The zero-order chi connectivity index (χ0) is 21.8. The fourth-order valence-corrected chi connectivity index (χ4v) is 3.72. The van der Waals surface area contributed by atoms with E-state index in [1.165, 1.54) is 18.2 Å². The summed E-state index contributed by atoms with van der Waals surface area (Å²) in [5.41, 5.74) is -1.02. The van der Waals surface area contributed by atoms with Gasteiger partial charge in [0.1, 0.15) is 10.4 Å². The maximum absolute atomic E-state index is 12.6. The van der Waals surface area contributed by atoms with Crippen molar-refractivity contribution in [1.82, 2.24) is 19.7 Å². The molecule has 0 fully saturated rings. The molecule has 0 unspecified atom stereocenters. The van der Waals surface area contributed by atoms with E-state index in [0.29, 0.717) is 0 Å². The van der Waals surface area contributed by atoms with Crippen LogP contribution in [0.3, 0.4) is 0 Å². The van der Waals surface area contributed by atoms with Gasteiger partial charge in [-0.25, -0.2) is 17.9 Å². The molecule has 2 amide bonds. The van der Waals surface area contributed by atoms with Crippen molar-refractivity contribution in [2.75, 3.05) is 16.8 Å². The van der Waals surface area contributed by atoms with Crippen LogP contribution in [-0.2, 0) is 10.0 Å². The van der Waals surface area contributed by atoms with Crippen LogP contribution in [-0.4, -0.2) is 41.5 Å². The molecule has 2 N–H and O–H groups in total. The van der Waals surface area contributed by atoms with Gasteiger partial charge >= 0.3 is 6.03 Å². The van der Waals surface area contributed by atoms with Crippen molar-refractivity contribution in [1.29, 1.82) is 5.26 Å². The monoisotopic (exact) mass is 457 g/mol. The van der Waals surface area contributed by atoms with Gasteiger partial charge in [0, 0.05) is 6.54 Å². The number of rotatable bonds is 6. The highest BCUT2D eigenvalue weighted by Crippen LogP contribution is 2.21. The number of benzene rings is 1. The summed E-state index contributed by atoms with van der Waals surface area (Å²) in [7, 11) is -4.24. The number of carbonyl (C=O) groups excluding carboxylic acids is 1. The number of aromatic nitrogens is 3. The summed E-state index contributed by atoms with van der Waals surface area (Å²) in [6.45, 7) is 4.78. The molecule has 29 heavy (non-hydrogen) atoms. The van der Waals surface area contributed by atoms with Crippen LogP contribution in [0.25, 0.3) is 0 Å². The summed E-state index contributed by atoms with van der Waals surface area (Å²) in [6.07, 6.45) is 0. The summed E-state index contributed by atoms with van der Waals surface area (Å²) in [5.74, 6) is -0.248. The van der Waals surface area contributed by atoms with Crippen LogP contribution in [0.15, 0.2) is 29.2 Å². The third kappa shape index (κ3) is 5.66. The van der Waals surface area contributed by atoms with Gasteiger partial charge in [-0.2, -0.15) is 20.2 Å². The van der Waals surface area contributed by atoms with Crippen molar-refractivity contribution in [2.24, 2.45) is 0 Å². The van der Waals surface area contributed by atoms with Gasteiger partial charge in [0.2, 0.25) is 17.2 Å². The van der Waals surface area contributed by atoms with Crippen LogP contribution < -0.4 is 14.9 Å². The normalized spacial score (nSPS) is 11.4. The topological polar surface area (TPSA) is 141 Å². The number of hydrogen-bond acceptors (Lipinski definition) is 8. The summed E-state index contributed by atoms with van der Waals surface area (Å²) >= 11 is 11.8. The molecule has 1 aromatic heterocycles. The predicted molar refractivity (Wildman–Crippen MR) is 108 cm³/mol. The number of carbonyl (C=O) groups is 1. The quantitative estimate of drug-likeness (QED) is 0.673. The minimum absolute atomic E-state index is 0.0191. The highest BCUT2D eigenvalue weighted by atomic mass is 35.5. The van der Waals surface area contributed by atoms with Crippen LogP contribution >= 0.6 is 23.2 Å². The van der Waals surface area contributed by atoms with Crippen LogP contribution in [0.5, 0.6) is 0 Å². The molecule has 1 aromatic carbocycles. The van der Waals surface area contributed by atoms with Crippen LogP contribution in [0.4, 0.5) is 16.7 Å². The lowest BCUT2D eigenvalue weighted by molar-refractivity contribution is 0.251. The summed E-state index contributed by atoms with van der Waals surface area (Å²) < 4.78 is 26.9. The number of hydrogen-bond donors (Lipinski definition) is 2. The highest BCUT2D eigenvalue weighted by molar-refractivity contribution is 7.90. The zero-order valence-electron chi connectivity index (χ0n) is 15.6. The number of amides is 2. The van der Waals surface area contributed by atoms with Gasteiger partial charge in [0.15, 0.2) is 0 Å². The van der Waals surface area contributed by atoms with Crippen LogP contribution in [0, 0.1) is 11.3 Å². The smallest absolute Gasteiger partial charge is 0.336 e. The highest BCUT2D eigenvalue weighted by Gasteiger charge is 2.27. The summed E-state index contributed by atoms with van der Waals surface area (Å²) in [4.78, 5) is 25.1. The zero-order valence-corrected chi connectivity index (χ0v) is 18.0. The number of urea groups is 1. The third-order valence-electron chi connectivity index (χ3n) is 3.45. The first-order valence-corrected chi connectivity index (χ1v) is 10.4. The van der Waals surface area contributed by atoms with E-state index in [1.807, 2.05) is 10.8 Å². The van der Waals surface area contributed by atoms with E-state index in [2.05, 4.69) is 20.3 Å². The first kappa shape index (κ1) is 22.6. The van der Waals surface area contributed by atoms with E-state index in [1.54, 1.807) is 26.8 Å². The maximum Gasteiger partial charge on any atom is 0.338 e. The molecule has 0 spiro atoms. The molecule has 0 saturated carbocycles. The van der Waals surface area contributed by atoms with E-state index in [-0.39, 0.29) is 33.6 Å². The lowest BCUT2D eigenvalue weighted by atomic mass is 10.1. The Balaban J connectivity index is 2.34. The Morgan fingerprint density at radius 3 is 2.48 bits per heavy atom. The molecular formula is C16H17Cl2N7O3S. The second kappa shape index (κ2) is 8.77. The van der Waals surface area contributed by atoms with Gasteiger partial charge < -0.3 is 5.32 Å². The van der Waals surface area contributed by atoms with Crippen molar-refractivity contribution >= 4 is 51.2 Å². The predicted octanol–water partition coefficient (Wildman–Crippen LogP) is 2.82. The molecule has 2 rings (SSSR count).